The zero-order valence-corrected chi connectivity index (χ0v) is 18.6. The van der Waals surface area contributed by atoms with E-state index >= 15 is 0 Å². The Balaban J connectivity index is 1.44. The van der Waals surface area contributed by atoms with Crippen molar-refractivity contribution in [1.82, 2.24) is 19.9 Å². The molecule has 1 saturated carbocycles. The van der Waals surface area contributed by atoms with Crippen molar-refractivity contribution in [2.45, 2.75) is 76.2 Å². The van der Waals surface area contributed by atoms with Gasteiger partial charge >= 0.3 is 6.09 Å². The van der Waals surface area contributed by atoms with Gasteiger partial charge in [0.2, 0.25) is 5.88 Å². The molecule has 2 aromatic heterocycles. The van der Waals surface area contributed by atoms with Gasteiger partial charge in [0.1, 0.15) is 11.1 Å². The highest BCUT2D eigenvalue weighted by Crippen LogP contribution is 2.45. The van der Waals surface area contributed by atoms with Crippen LogP contribution in [0.2, 0.25) is 0 Å². The van der Waals surface area contributed by atoms with Gasteiger partial charge in [0.05, 0.1) is 31.1 Å². The number of hydrogen-bond acceptors (Lipinski definition) is 7. The van der Waals surface area contributed by atoms with E-state index in [0.29, 0.717) is 36.6 Å². The molecule has 4 heterocycles. The Morgan fingerprint density at radius 3 is 2.61 bits per heavy atom. The summed E-state index contributed by atoms with van der Waals surface area (Å²) in [5.41, 5.74) is -0.254. The number of aromatic nitrogens is 3. The van der Waals surface area contributed by atoms with Gasteiger partial charge in [-0.1, -0.05) is 0 Å². The highest BCUT2D eigenvalue weighted by molar-refractivity contribution is 5.70. The second kappa shape index (κ2) is 7.78. The minimum absolute atomic E-state index is 0.197. The van der Waals surface area contributed by atoms with Crippen molar-refractivity contribution in [2.75, 3.05) is 13.7 Å². The Bertz CT molecular complexity index is 1020. The van der Waals surface area contributed by atoms with Crippen LogP contribution in [0.1, 0.15) is 52.9 Å². The molecule has 0 aromatic carbocycles. The van der Waals surface area contributed by atoms with E-state index in [1.54, 1.807) is 23.8 Å². The first-order valence-electron chi connectivity index (χ1n) is 10.7. The maximum absolute atomic E-state index is 12.5. The maximum Gasteiger partial charge on any atom is 0.408 e. The Morgan fingerprint density at radius 1 is 1.26 bits per heavy atom. The van der Waals surface area contributed by atoms with E-state index in [-0.39, 0.29) is 16.7 Å². The first-order chi connectivity index (χ1) is 14.6. The summed E-state index contributed by atoms with van der Waals surface area (Å²) in [6.45, 7) is 6.48. The van der Waals surface area contributed by atoms with Crippen LogP contribution in [-0.4, -0.2) is 51.1 Å². The van der Waals surface area contributed by atoms with E-state index < -0.39 is 11.7 Å². The lowest BCUT2D eigenvalue weighted by Crippen LogP contribution is -2.63. The number of hydrogen-bond donors (Lipinski definition) is 1. The topological polar surface area (TPSA) is 105 Å². The molecule has 2 aromatic rings. The van der Waals surface area contributed by atoms with Crippen molar-refractivity contribution < 1.29 is 19.0 Å². The lowest BCUT2D eigenvalue weighted by Gasteiger charge is -2.53. The molecular weight excluding hydrogens is 400 g/mol. The van der Waals surface area contributed by atoms with Gasteiger partial charge in [-0.05, 0) is 58.9 Å². The van der Waals surface area contributed by atoms with Gasteiger partial charge in [-0.3, -0.25) is 9.36 Å². The minimum atomic E-state index is -0.536. The van der Waals surface area contributed by atoms with Crippen molar-refractivity contribution in [3.63, 3.8) is 0 Å². The first kappa shape index (κ1) is 21.5. The van der Waals surface area contributed by atoms with Gasteiger partial charge in [-0.15, -0.1) is 0 Å². The van der Waals surface area contributed by atoms with E-state index in [2.05, 4.69) is 15.3 Å². The summed E-state index contributed by atoms with van der Waals surface area (Å²) in [7, 11) is 1.54. The van der Waals surface area contributed by atoms with Crippen molar-refractivity contribution in [3.8, 4) is 5.88 Å². The molecule has 0 spiro atoms. The van der Waals surface area contributed by atoms with Gasteiger partial charge in [-0.2, -0.15) is 4.98 Å². The molecule has 3 fully saturated rings. The maximum atomic E-state index is 12.5. The lowest BCUT2D eigenvalue weighted by molar-refractivity contribution is -0.165. The molecule has 168 valence electrons. The van der Waals surface area contributed by atoms with Crippen LogP contribution in [0.4, 0.5) is 4.79 Å². The standard InChI is InChI=1S/C22H30N4O5/c1-20(2,3)31-19(28)25-21-7-9-22(10-8-21,30-14-21)11-12-26-17(27)13-23-15-5-6-16(29-4)24-18(15)26/h5-6,13H,7-12,14H2,1-4H3,(H,25,28). The number of carbonyl (C=O) groups is 1. The van der Waals surface area contributed by atoms with E-state index in [1.165, 1.54) is 6.20 Å². The minimum Gasteiger partial charge on any atom is -0.481 e. The predicted molar refractivity (Wildman–Crippen MR) is 114 cm³/mol. The fourth-order valence-electron chi connectivity index (χ4n) is 4.43. The summed E-state index contributed by atoms with van der Waals surface area (Å²) in [6, 6.07) is 3.52. The third kappa shape index (κ3) is 4.51. The average molecular weight is 431 g/mol. The number of carbonyl (C=O) groups excluding carboxylic acids is 1. The highest BCUT2D eigenvalue weighted by atomic mass is 16.6. The smallest absolute Gasteiger partial charge is 0.408 e. The molecule has 31 heavy (non-hydrogen) atoms. The largest absolute Gasteiger partial charge is 0.481 e. The fraction of sp³-hybridized carbons (Fsp3) is 0.636. The molecule has 0 atom stereocenters. The van der Waals surface area contributed by atoms with E-state index in [0.717, 1.165) is 25.7 Å². The predicted octanol–water partition coefficient (Wildman–Crippen LogP) is 2.80. The number of nitrogens with one attached hydrogen (secondary N) is 1. The number of methoxy groups -OCH3 is 1. The second-order valence-corrected chi connectivity index (χ2v) is 9.57. The molecule has 2 bridgehead atoms. The summed E-state index contributed by atoms with van der Waals surface area (Å²) in [5, 5.41) is 3.04. The fourth-order valence-corrected chi connectivity index (χ4v) is 4.43. The lowest BCUT2D eigenvalue weighted by atomic mass is 9.70. The summed E-state index contributed by atoms with van der Waals surface area (Å²) >= 11 is 0. The average Bonchev–Trinajstić information content (AvgIpc) is 2.72. The molecule has 0 unspecified atom stereocenters. The number of rotatable bonds is 5. The van der Waals surface area contributed by atoms with Crippen LogP contribution in [0.25, 0.3) is 11.2 Å². The van der Waals surface area contributed by atoms with Crippen LogP contribution < -0.4 is 15.6 Å². The van der Waals surface area contributed by atoms with Gasteiger partial charge < -0.3 is 19.5 Å². The number of alkyl carbamates (subject to hydrolysis) is 1. The van der Waals surface area contributed by atoms with Gasteiger partial charge in [-0.25, -0.2) is 9.78 Å². The van der Waals surface area contributed by atoms with Crippen molar-refractivity contribution in [3.05, 3.63) is 28.7 Å². The van der Waals surface area contributed by atoms with Crippen molar-refractivity contribution in [2.24, 2.45) is 0 Å². The zero-order chi connectivity index (χ0) is 22.3. The molecule has 3 aliphatic rings. The first-order valence-corrected chi connectivity index (χ1v) is 10.7. The molecule has 0 radical (unpaired) electrons. The molecular formula is C22H30N4O5. The van der Waals surface area contributed by atoms with Crippen LogP contribution >= 0.6 is 0 Å². The van der Waals surface area contributed by atoms with Crippen molar-refractivity contribution >= 4 is 17.3 Å². The zero-order valence-electron chi connectivity index (χ0n) is 18.6. The number of amides is 1. The van der Waals surface area contributed by atoms with Gasteiger partial charge in [0, 0.05) is 12.6 Å². The van der Waals surface area contributed by atoms with Crippen LogP contribution in [-0.2, 0) is 16.0 Å². The SMILES string of the molecule is COc1ccc2ncc(=O)n(CCC34CCC(NC(=O)OC(C)(C)C)(CC3)CO4)c2n1. The number of nitrogens with zero attached hydrogens (tertiary/aromatic N) is 3. The van der Waals surface area contributed by atoms with E-state index in [4.69, 9.17) is 14.2 Å². The van der Waals surface area contributed by atoms with Crippen molar-refractivity contribution in [1.29, 1.82) is 0 Å². The number of aryl methyl sites for hydroxylation is 1. The summed E-state index contributed by atoms with van der Waals surface area (Å²) in [5.74, 6) is 0.441. The Labute approximate surface area is 181 Å². The number of fused-ring (bicyclic) bond motifs is 4. The Kier molecular flexibility index (Phi) is 5.41. The van der Waals surface area contributed by atoms with Crippen LogP contribution in [0.15, 0.2) is 23.1 Å². The second-order valence-electron chi connectivity index (χ2n) is 9.57. The summed E-state index contributed by atoms with van der Waals surface area (Å²) in [4.78, 5) is 33.4. The molecule has 9 nitrogen and oxygen atoms in total. The number of pyridine rings is 1. The van der Waals surface area contributed by atoms with E-state index in [1.807, 2.05) is 20.8 Å². The van der Waals surface area contributed by atoms with Crippen LogP contribution in [0.3, 0.4) is 0 Å². The molecule has 2 aliphatic heterocycles. The third-order valence-electron chi connectivity index (χ3n) is 6.20. The quantitative estimate of drug-likeness (QED) is 0.778. The number of ether oxygens (including phenoxy) is 3. The molecule has 1 aliphatic carbocycles. The summed E-state index contributed by atoms with van der Waals surface area (Å²) < 4.78 is 18.5. The summed E-state index contributed by atoms with van der Waals surface area (Å²) in [6.07, 6.45) is 4.89. The molecule has 9 heteroatoms. The third-order valence-corrected chi connectivity index (χ3v) is 6.20. The molecule has 5 rings (SSSR count). The van der Waals surface area contributed by atoms with Crippen LogP contribution in [0.5, 0.6) is 5.88 Å². The molecule has 1 amide bonds. The van der Waals surface area contributed by atoms with E-state index in [9.17, 15) is 9.59 Å². The normalized spacial score (nSPS) is 25.4. The Hall–Kier alpha value is -2.68. The molecule has 2 saturated heterocycles. The highest BCUT2D eigenvalue weighted by Gasteiger charge is 2.50. The molecule has 1 N–H and O–H groups in total. The van der Waals surface area contributed by atoms with Gasteiger partial charge in [0.25, 0.3) is 5.56 Å². The van der Waals surface area contributed by atoms with Gasteiger partial charge in [0.15, 0.2) is 5.65 Å². The monoisotopic (exact) mass is 430 g/mol. The van der Waals surface area contributed by atoms with Crippen LogP contribution in [0, 0.1) is 0 Å². The Morgan fingerprint density at radius 2 is 2.00 bits per heavy atom.